The molecule has 120 valence electrons. The molecule has 0 N–H and O–H groups in total. The third kappa shape index (κ3) is 5.40. The second kappa shape index (κ2) is 7.77. The molecule has 0 fully saturated rings. The van der Waals surface area contributed by atoms with E-state index >= 15 is 0 Å². The van der Waals surface area contributed by atoms with Gasteiger partial charge in [0, 0.05) is 0 Å². The third-order valence-corrected chi connectivity index (χ3v) is 11.3. The Hall–Kier alpha value is -2.36. The number of hydrogen-bond donors (Lipinski definition) is 0. The Morgan fingerprint density at radius 2 is 1.09 bits per heavy atom. The summed E-state index contributed by atoms with van der Waals surface area (Å²) in [5, 5.41) is 19.9. The number of hydrogen-bond acceptors (Lipinski definition) is 6. The van der Waals surface area contributed by atoms with Gasteiger partial charge in [-0.05, 0) is 0 Å². The van der Waals surface area contributed by atoms with Gasteiger partial charge in [-0.1, -0.05) is 0 Å². The van der Waals surface area contributed by atoms with E-state index in [1.165, 1.54) is 0 Å². The zero-order valence-electron chi connectivity index (χ0n) is 12.0. The minimum atomic E-state index is -4.70. The molecule has 0 amide bonds. The van der Waals surface area contributed by atoms with Crippen LogP contribution < -0.4 is 0 Å². The Morgan fingerprint density at radius 1 is 0.739 bits per heavy atom. The van der Waals surface area contributed by atoms with Crippen LogP contribution in [0.2, 0.25) is 0 Å². The Balaban J connectivity index is 2.36. The molecule has 9 heteroatoms. The van der Waals surface area contributed by atoms with Crippen molar-refractivity contribution in [1.82, 2.24) is 0 Å². The normalized spacial score (nSPS) is 10.8. The second-order valence-corrected chi connectivity index (χ2v) is 13.1. The van der Waals surface area contributed by atoms with Crippen molar-refractivity contribution < 1.29 is 16.5 Å². The second-order valence-electron chi connectivity index (χ2n) is 4.87. The van der Waals surface area contributed by atoms with Gasteiger partial charge in [-0.15, -0.1) is 0 Å². The summed E-state index contributed by atoms with van der Waals surface area (Å²) in [5.74, 6) is 0. The molecule has 0 saturated carbocycles. The average Bonchev–Trinajstić information content (AvgIpc) is 2.47. The fourth-order valence-electron chi connectivity index (χ4n) is 2.29. The van der Waals surface area contributed by atoms with Crippen molar-refractivity contribution in [1.29, 1.82) is 0 Å². The maximum atomic E-state index is 10.9. The maximum absolute atomic E-state index is 10.9. The molecule has 2 aromatic rings. The van der Waals surface area contributed by atoms with Crippen molar-refractivity contribution in [2.45, 2.75) is 8.87 Å². The fourth-order valence-corrected chi connectivity index (χ4v) is 9.93. The fraction of sp³-hybridized carbons (Fsp3) is 0.143. The summed E-state index contributed by atoms with van der Waals surface area (Å²) in [7, 11) is 0. The van der Waals surface area contributed by atoms with Crippen molar-refractivity contribution in [2.24, 2.45) is 0 Å². The van der Waals surface area contributed by atoms with Crippen molar-refractivity contribution >= 4 is 19.2 Å². The molecule has 0 aliphatic rings. The standard InChI is InChI=1S/2C7H7.2NO3.Sn/c2*1-7-5-3-2-4-6-7;2*2-1(3)4;/h2*2-6H,1H2;;;/q;;2*-1;+2. The van der Waals surface area contributed by atoms with Gasteiger partial charge in [0.25, 0.3) is 0 Å². The van der Waals surface area contributed by atoms with Crippen molar-refractivity contribution in [3.05, 3.63) is 92.0 Å². The Labute approximate surface area is 136 Å². The molecule has 8 nitrogen and oxygen atoms in total. The van der Waals surface area contributed by atoms with Gasteiger partial charge in [-0.3, -0.25) is 0 Å². The quantitative estimate of drug-likeness (QED) is 0.366. The van der Waals surface area contributed by atoms with Gasteiger partial charge >= 0.3 is 137 Å². The van der Waals surface area contributed by atoms with Gasteiger partial charge in [0.1, 0.15) is 0 Å². The zero-order chi connectivity index (χ0) is 16.7. The Kier molecular flexibility index (Phi) is 5.74. The van der Waals surface area contributed by atoms with Crippen LogP contribution in [0, 0.1) is 20.2 Å². The van der Waals surface area contributed by atoms with Crippen LogP contribution in [0.4, 0.5) is 0 Å². The summed E-state index contributed by atoms with van der Waals surface area (Å²) in [6, 6.07) is 17.6. The summed E-state index contributed by atoms with van der Waals surface area (Å²) >= 11 is -4.70. The summed E-state index contributed by atoms with van der Waals surface area (Å²) < 4.78 is 9.77. The molecule has 0 heterocycles. The molecule has 0 aromatic heterocycles. The van der Waals surface area contributed by atoms with Gasteiger partial charge in [0.05, 0.1) is 0 Å². The summed E-state index contributed by atoms with van der Waals surface area (Å²) in [6.45, 7) is 0. The van der Waals surface area contributed by atoms with Gasteiger partial charge in [0.2, 0.25) is 0 Å². The topological polar surface area (TPSA) is 105 Å². The van der Waals surface area contributed by atoms with E-state index in [2.05, 4.69) is 0 Å². The molecular formula is C14H14N2O6Sn. The van der Waals surface area contributed by atoms with E-state index in [0.717, 1.165) is 0 Å². The SMILES string of the molecule is O=[N+]([O-])[O][Sn]([CH2]c1ccccc1)([CH2]c1ccccc1)[O][N+](=O)[O-]. The third-order valence-electron chi connectivity index (χ3n) is 3.11. The molecule has 0 aliphatic carbocycles. The van der Waals surface area contributed by atoms with Crippen LogP contribution >= 0.6 is 0 Å². The van der Waals surface area contributed by atoms with E-state index in [4.69, 9.17) is 6.35 Å². The van der Waals surface area contributed by atoms with Gasteiger partial charge in [-0.2, -0.15) is 0 Å². The molecule has 0 spiro atoms. The molecule has 0 atom stereocenters. The first-order chi connectivity index (χ1) is 11.0. The molecule has 23 heavy (non-hydrogen) atoms. The first-order valence-corrected chi connectivity index (χ1v) is 13.1. The van der Waals surface area contributed by atoms with Crippen LogP contribution in [0.25, 0.3) is 0 Å². The Bertz CT molecular complexity index is 608. The molecule has 0 saturated heterocycles. The molecular weight excluding hydrogens is 411 g/mol. The van der Waals surface area contributed by atoms with Gasteiger partial charge < -0.3 is 0 Å². The predicted molar refractivity (Wildman–Crippen MR) is 82.2 cm³/mol. The molecule has 2 aromatic carbocycles. The van der Waals surface area contributed by atoms with E-state index in [1.807, 2.05) is 0 Å². The van der Waals surface area contributed by atoms with Crippen LogP contribution in [0.1, 0.15) is 11.1 Å². The monoisotopic (exact) mass is 426 g/mol. The van der Waals surface area contributed by atoms with E-state index < -0.39 is 29.4 Å². The number of benzene rings is 2. The minimum absolute atomic E-state index is 0.0619. The first-order valence-electron chi connectivity index (χ1n) is 6.74. The summed E-state index contributed by atoms with van der Waals surface area (Å²) in [5.41, 5.74) is 1.42. The average molecular weight is 425 g/mol. The predicted octanol–water partition coefficient (Wildman–Crippen LogP) is 2.41. The molecule has 0 aliphatic heterocycles. The zero-order valence-corrected chi connectivity index (χ0v) is 14.9. The number of rotatable bonds is 8. The molecule has 0 unspecified atom stereocenters. The van der Waals surface area contributed by atoms with Crippen LogP contribution in [-0.4, -0.2) is 29.4 Å². The van der Waals surface area contributed by atoms with Crippen LogP contribution in [0.15, 0.2) is 60.7 Å². The van der Waals surface area contributed by atoms with E-state index in [-0.39, 0.29) is 8.87 Å². The van der Waals surface area contributed by atoms with Crippen LogP contribution in [-0.2, 0) is 15.2 Å². The molecule has 0 radical (unpaired) electrons. The van der Waals surface area contributed by atoms with Gasteiger partial charge in [-0.25, -0.2) is 0 Å². The van der Waals surface area contributed by atoms with Crippen LogP contribution in [0.3, 0.4) is 0 Å². The van der Waals surface area contributed by atoms with Crippen molar-refractivity contribution in [3.8, 4) is 0 Å². The summed E-state index contributed by atoms with van der Waals surface area (Å²) in [4.78, 5) is 21.8. The molecule has 0 bridgehead atoms. The van der Waals surface area contributed by atoms with E-state index in [9.17, 15) is 20.2 Å². The summed E-state index contributed by atoms with van der Waals surface area (Å²) in [6.07, 6.45) is 0. The Morgan fingerprint density at radius 3 is 1.39 bits per heavy atom. The van der Waals surface area contributed by atoms with Crippen molar-refractivity contribution in [3.63, 3.8) is 0 Å². The number of nitrogens with zero attached hydrogens (tertiary/aromatic N) is 2. The van der Waals surface area contributed by atoms with Crippen molar-refractivity contribution in [2.75, 3.05) is 0 Å². The van der Waals surface area contributed by atoms with E-state index in [1.54, 1.807) is 60.7 Å². The van der Waals surface area contributed by atoms with Crippen LogP contribution in [0.5, 0.6) is 0 Å². The first kappa shape index (κ1) is 17.0. The van der Waals surface area contributed by atoms with Gasteiger partial charge in [0.15, 0.2) is 0 Å². The van der Waals surface area contributed by atoms with E-state index in [0.29, 0.717) is 11.1 Å². The molecule has 2 rings (SSSR count).